The van der Waals surface area contributed by atoms with Crippen LogP contribution in [0.1, 0.15) is 78.6 Å². The molecule has 0 aliphatic heterocycles. The molecule has 0 spiro atoms. The SMILES string of the molecule is CCCCCCC1=C(C(O)(CC)CCCC)C1CO. The lowest BCUT2D eigenvalue weighted by molar-refractivity contribution is 0.0611. The highest BCUT2D eigenvalue weighted by atomic mass is 16.3. The molecule has 2 atom stereocenters. The van der Waals surface area contributed by atoms with Crippen LogP contribution in [0.3, 0.4) is 0 Å². The number of aliphatic hydroxyl groups excluding tert-OH is 1. The van der Waals surface area contributed by atoms with Gasteiger partial charge in [-0.1, -0.05) is 58.4 Å². The second-order valence-electron chi connectivity index (χ2n) is 5.97. The van der Waals surface area contributed by atoms with Gasteiger partial charge in [0.1, 0.15) is 0 Å². The zero-order chi connectivity index (χ0) is 14.3. The molecule has 19 heavy (non-hydrogen) atoms. The van der Waals surface area contributed by atoms with Crippen molar-refractivity contribution in [1.82, 2.24) is 0 Å². The van der Waals surface area contributed by atoms with E-state index < -0.39 is 5.60 Å². The summed E-state index contributed by atoms with van der Waals surface area (Å²) in [5, 5.41) is 20.3. The first-order valence-corrected chi connectivity index (χ1v) is 8.21. The third-order valence-electron chi connectivity index (χ3n) is 4.54. The number of unbranched alkanes of at least 4 members (excludes halogenated alkanes) is 4. The van der Waals surface area contributed by atoms with Gasteiger partial charge in [-0.2, -0.15) is 0 Å². The molecule has 1 aliphatic carbocycles. The molecule has 0 aromatic heterocycles. The molecule has 2 N–H and O–H groups in total. The van der Waals surface area contributed by atoms with E-state index in [1.807, 2.05) is 0 Å². The molecule has 2 heteroatoms. The van der Waals surface area contributed by atoms with Crippen LogP contribution < -0.4 is 0 Å². The maximum Gasteiger partial charge on any atom is 0.0863 e. The molecule has 0 aromatic carbocycles. The predicted octanol–water partition coefficient (Wildman–Crippen LogP) is 4.21. The summed E-state index contributed by atoms with van der Waals surface area (Å²) in [6, 6.07) is 0. The average Bonchev–Trinajstić information content (AvgIpc) is 3.15. The molecule has 0 aromatic rings. The molecule has 1 rings (SSSR count). The van der Waals surface area contributed by atoms with Crippen LogP contribution in [-0.2, 0) is 0 Å². The lowest BCUT2D eigenvalue weighted by atomic mass is 9.89. The molecule has 2 unspecified atom stereocenters. The van der Waals surface area contributed by atoms with E-state index in [-0.39, 0.29) is 12.5 Å². The Morgan fingerprint density at radius 1 is 1.00 bits per heavy atom. The minimum Gasteiger partial charge on any atom is -0.395 e. The highest BCUT2D eigenvalue weighted by molar-refractivity contribution is 5.47. The van der Waals surface area contributed by atoms with Crippen molar-refractivity contribution in [3.8, 4) is 0 Å². The lowest BCUT2D eigenvalue weighted by Crippen LogP contribution is -2.28. The van der Waals surface area contributed by atoms with Gasteiger partial charge >= 0.3 is 0 Å². The first-order chi connectivity index (χ1) is 9.14. The molecule has 2 nitrogen and oxygen atoms in total. The Kier molecular flexibility index (Phi) is 7.09. The second-order valence-corrected chi connectivity index (χ2v) is 5.97. The summed E-state index contributed by atoms with van der Waals surface area (Å²) in [6.45, 7) is 6.63. The molecule has 0 heterocycles. The van der Waals surface area contributed by atoms with Crippen molar-refractivity contribution in [3.63, 3.8) is 0 Å². The number of rotatable bonds is 11. The van der Waals surface area contributed by atoms with Crippen LogP contribution in [-0.4, -0.2) is 22.4 Å². The Labute approximate surface area is 118 Å². The molecule has 112 valence electrons. The minimum absolute atomic E-state index is 0.187. The number of aliphatic hydroxyl groups is 2. The Morgan fingerprint density at radius 3 is 2.21 bits per heavy atom. The van der Waals surface area contributed by atoms with E-state index in [1.54, 1.807) is 0 Å². The van der Waals surface area contributed by atoms with Gasteiger partial charge in [-0.3, -0.25) is 0 Å². The predicted molar refractivity (Wildman–Crippen MR) is 81.1 cm³/mol. The van der Waals surface area contributed by atoms with Gasteiger partial charge in [0.05, 0.1) is 12.2 Å². The van der Waals surface area contributed by atoms with E-state index in [0.29, 0.717) is 0 Å². The van der Waals surface area contributed by atoms with E-state index in [1.165, 1.54) is 36.8 Å². The number of hydrogen-bond acceptors (Lipinski definition) is 2. The zero-order valence-corrected chi connectivity index (χ0v) is 13.0. The topological polar surface area (TPSA) is 40.5 Å². The third kappa shape index (κ3) is 4.32. The van der Waals surface area contributed by atoms with E-state index in [4.69, 9.17) is 0 Å². The zero-order valence-electron chi connectivity index (χ0n) is 13.0. The van der Waals surface area contributed by atoms with Gasteiger partial charge in [0.2, 0.25) is 0 Å². The quantitative estimate of drug-likeness (QED) is 0.435. The van der Waals surface area contributed by atoms with Gasteiger partial charge < -0.3 is 10.2 Å². The van der Waals surface area contributed by atoms with Crippen LogP contribution in [0.4, 0.5) is 0 Å². The highest BCUT2D eigenvalue weighted by Crippen LogP contribution is 2.51. The van der Waals surface area contributed by atoms with Crippen molar-refractivity contribution >= 4 is 0 Å². The van der Waals surface area contributed by atoms with Gasteiger partial charge in [0.15, 0.2) is 0 Å². The minimum atomic E-state index is -0.635. The van der Waals surface area contributed by atoms with Crippen molar-refractivity contribution in [2.24, 2.45) is 5.92 Å². The summed E-state index contributed by atoms with van der Waals surface area (Å²) in [5.41, 5.74) is 1.91. The Morgan fingerprint density at radius 2 is 1.68 bits per heavy atom. The molecule has 0 radical (unpaired) electrons. The maximum atomic E-state index is 10.8. The summed E-state index contributed by atoms with van der Waals surface area (Å²) in [7, 11) is 0. The van der Waals surface area contributed by atoms with E-state index in [0.717, 1.165) is 32.1 Å². The van der Waals surface area contributed by atoms with E-state index >= 15 is 0 Å². The third-order valence-corrected chi connectivity index (χ3v) is 4.54. The van der Waals surface area contributed by atoms with Crippen molar-refractivity contribution in [3.05, 3.63) is 11.1 Å². The smallest absolute Gasteiger partial charge is 0.0863 e. The van der Waals surface area contributed by atoms with Gasteiger partial charge in [-0.05, 0) is 31.3 Å². The fourth-order valence-corrected chi connectivity index (χ4v) is 3.17. The largest absolute Gasteiger partial charge is 0.395 e. The fraction of sp³-hybridized carbons (Fsp3) is 0.882. The number of hydrogen-bond donors (Lipinski definition) is 2. The molecule has 0 bridgehead atoms. The van der Waals surface area contributed by atoms with Crippen LogP contribution in [0.2, 0.25) is 0 Å². The summed E-state index contributed by atoms with van der Waals surface area (Å²) >= 11 is 0. The first kappa shape index (κ1) is 16.7. The molecule has 0 amide bonds. The maximum absolute atomic E-state index is 10.8. The monoisotopic (exact) mass is 268 g/mol. The molecule has 1 aliphatic rings. The standard InChI is InChI=1S/C17H32O2/c1-4-7-9-10-11-14-15(13-18)16(14)17(19,6-3)12-8-5-2/h15,18-19H,4-13H2,1-3H3. The van der Waals surface area contributed by atoms with Crippen molar-refractivity contribution in [2.45, 2.75) is 84.2 Å². The van der Waals surface area contributed by atoms with E-state index in [9.17, 15) is 10.2 Å². The highest BCUT2D eigenvalue weighted by Gasteiger charge is 2.46. The average molecular weight is 268 g/mol. The van der Waals surface area contributed by atoms with Crippen LogP contribution >= 0.6 is 0 Å². The lowest BCUT2D eigenvalue weighted by Gasteiger charge is -2.25. The Bertz CT molecular complexity index is 296. The summed E-state index contributed by atoms with van der Waals surface area (Å²) < 4.78 is 0. The van der Waals surface area contributed by atoms with Gasteiger partial charge in [-0.25, -0.2) is 0 Å². The van der Waals surface area contributed by atoms with Crippen molar-refractivity contribution in [1.29, 1.82) is 0 Å². The van der Waals surface area contributed by atoms with Gasteiger partial charge in [-0.15, -0.1) is 0 Å². The summed E-state index contributed by atoms with van der Waals surface area (Å²) in [6.07, 6.45) is 9.91. The molecular weight excluding hydrogens is 236 g/mol. The van der Waals surface area contributed by atoms with Crippen LogP contribution in [0, 0.1) is 5.92 Å². The normalized spacial score (nSPS) is 21.6. The molecule has 0 saturated carbocycles. The molecule has 0 fully saturated rings. The molecule has 0 saturated heterocycles. The Hall–Kier alpha value is -0.340. The molecular formula is C17H32O2. The van der Waals surface area contributed by atoms with Crippen LogP contribution in [0.15, 0.2) is 11.1 Å². The van der Waals surface area contributed by atoms with Crippen LogP contribution in [0.5, 0.6) is 0 Å². The van der Waals surface area contributed by atoms with Crippen molar-refractivity contribution < 1.29 is 10.2 Å². The van der Waals surface area contributed by atoms with E-state index in [2.05, 4.69) is 20.8 Å². The fourth-order valence-electron chi connectivity index (χ4n) is 3.17. The summed E-state index contributed by atoms with van der Waals surface area (Å²) in [5.74, 6) is 0.198. The first-order valence-electron chi connectivity index (χ1n) is 8.21. The second kappa shape index (κ2) is 8.06. The van der Waals surface area contributed by atoms with Gasteiger partial charge in [0, 0.05) is 5.92 Å². The Balaban J connectivity index is 2.57. The van der Waals surface area contributed by atoms with Crippen molar-refractivity contribution in [2.75, 3.05) is 6.61 Å². The van der Waals surface area contributed by atoms with Gasteiger partial charge in [0.25, 0.3) is 0 Å². The summed E-state index contributed by atoms with van der Waals surface area (Å²) in [4.78, 5) is 0. The van der Waals surface area contributed by atoms with Crippen LogP contribution in [0.25, 0.3) is 0 Å².